The molecule has 1 heterocycles. The molecule has 0 aliphatic heterocycles. The van der Waals surface area contributed by atoms with Crippen LogP contribution in [0.1, 0.15) is 30.3 Å². The summed E-state index contributed by atoms with van der Waals surface area (Å²) in [7, 11) is 1.72. The van der Waals surface area contributed by atoms with Crippen molar-refractivity contribution in [3.63, 3.8) is 0 Å². The zero-order valence-electron chi connectivity index (χ0n) is 12.0. The van der Waals surface area contributed by atoms with Gasteiger partial charge in [0.25, 0.3) is 0 Å². The van der Waals surface area contributed by atoms with Gasteiger partial charge in [-0.3, -0.25) is 0 Å². The second kappa shape index (κ2) is 7.25. The van der Waals surface area contributed by atoms with Crippen LogP contribution < -0.4 is 10.1 Å². The number of benzene rings is 1. The van der Waals surface area contributed by atoms with E-state index in [-0.39, 0.29) is 0 Å². The van der Waals surface area contributed by atoms with Crippen molar-refractivity contribution in [3.05, 3.63) is 50.6 Å². The molecule has 1 aromatic carbocycles. The molecular formula is C16H20BrNOS. The second-order valence-corrected chi connectivity index (χ2v) is 6.83. The minimum absolute atomic E-state index is 0.357. The summed E-state index contributed by atoms with van der Waals surface area (Å²) in [5.74, 6) is 0.965. The van der Waals surface area contributed by atoms with Crippen molar-refractivity contribution in [2.24, 2.45) is 0 Å². The van der Waals surface area contributed by atoms with Crippen LogP contribution in [0.25, 0.3) is 0 Å². The molecule has 0 aliphatic rings. The number of rotatable bonds is 6. The summed E-state index contributed by atoms with van der Waals surface area (Å²) in [6.45, 7) is 4.42. The molecule has 2 rings (SSSR count). The monoisotopic (exact) mass is 353 g/mol. The molecule has 4 heteroatoms. The lowest BCUT2D eigenvalue weighted by molar-refractivity contribution is 0.403. The average molecular weight is 354 g/mol. The maximum Gasteiger partial charge on any atom is 0.122 e. The molecule has 1 N–H and O–H groups in total. The highest BCUT2D eigenvalue weighted by atomic mass is 79.9. The largest absolute Gasteiger partial charge is 0.496 e. The van der Waals surface area contributed by atoms with Gasteiger partial charge in [0.05, 0.1) is 7.11 Å². The fourth-order valence-corrected chi connectivity index (χ4v) is 3.79. The molecule has 20 heavy (non-hydrogen) atoms. The Kier molecular flexibility index (Phi) is 5.64. The van der Waals surface area contributed by atoms with Gasteiger partial charge in [-0.1, -0.05) is 18.2 Å². The number of nitrogens with one attached hydrogen (secondary N) is 1. The molecule has 0 amide bonds. The van der Waals surface area contributed by atoms with Crippen LogP contribution in [-0.2, 0) is 6.42 Å². The molecule has 0 saturated carbocycles. The number of ether oxygens (including phenoxy) is 1. The van der Waals surface area contributed by atoms with E-state index in [0.717, 1.165) is 16.6 Å². The molecule has 2 nitrogen and oxygen atoms in total. The fourth-order valence-electron chi connectivity index (χ4n) is 2.32. The van der Waals surface area contributed by atoms with Gasteiger partial charge in [0.1, 0.15) is 5.75 Å². The third kappa shape index (κ3) is 4.08. The first kappa shape index (κ1) is 15.5. The van der Waals surface area contributed by atoms with E-state index in [9.17, 15) is 0 Å². The van der Waals surface area contributed by atoms with Crippen LogP contribution in [0.4, 0.5) is 0 Å². The van der Waals surface area contributed by atoms with Crippen LogP contribution in [0, 0.1) is 0 Å². The molecule has 2 atom stereocenters. The Labute approximate surface area is 133 Å². The lowest BCUT2D eigenvalue weighted by Crippen LogP contribution is -2.30. The number of para-hydroxylation sites is 1. The van der Waals surface area contributed by atoms with Gasteiger partial charge in [-0.25, -0.2) is 0 Å². The first-order chi connectivity index (χ1) is 9.60. The van der Waals surface area contributed by atoms with Gasteiger partial charge in [0.2, 0.25) is 0 Å². The Hall–Kier alpha value is -0.840. The van der Waals surface area contributed by atoms with Crippen LogP contribution in [-0.4, -0.2) is 13.2 Å². The van der Waals surface area contributed by atoms with Crippen molar-refractivity contribution < 1.29 is 4.74 Å². The molecule has 1 aromatic heterocycles. The predicted molar refractivity (Wildman–Crippen MR) is 89.7 cm³/mol. The van der Waals surface area contributed by atoms with E-state index < -0.39 is 0 Å². The first-order valence-corrected chi connectivity index (χ1v) is 8.39. The fraction of sp³-hybridized carbons (Fsp3) is 0.375. The van der Waals surface area contributed by atoms with Crippen LogP contribution in [0.3, 0.4) is 0 Å². The number of hydrogen-bond acceptors (Lipinski definition) is 3. The van der Waals surface area contributed by atoms with E-state index in [4.69, 9.17) is 4.74 Å². The normalized spacial score (nSPS) is 14.0. The Balaban J connectivity index is 1.96. The quantitative estimate of drug-likeness (QED) is 0.805. The van der Waals surface area contributed by atoms with Gasteiger partial charge in [0, 0.05) is 26.8 Å². The molecule has 2 unspecified atom stereocenters. The van der Waals surface area contributed by atoms with E-state index in [2.05, 4.69) is 58.7 Å². The standard InChI is InChI=1S/C16H20BrNOS/c1-11(8-13-6-4-5-7-15(13)19-3)18-12(2)16-9-14(17)10-20-16/h4-7,9-12,18H,8H2,1-3H3. The SMILES string of the molecule is COc1ccccc1CC(C)NC(C)c1cc(Br)cs1. The Morgan fingerprint density at radius 1 is 1.30 bits per heavy atom. The van der Waals surface area contributed by atoms with Crippen molar-refractivity contribution in [2.45, 2.75) is 32.4 Å². The van der Waals surface area contributed by atoms with Crippen LogP contribution in [0.5, 0.6) is 5.75 Å². The maximum atomic E-state index is 5.41. The Morgan fingerprint density at radius 2 is 2.05 bits per heavy atom. The molecule has 0 fully saturated rings. The molecule has 0 aliphatic carbocycles. The zero-order chi connectivity index (χ0) is 14.5. The molecule has 108 valence electrons. The summed E-state index contributed by atoms with van der Waals surface area (Å²) in [4.78, 5) is 1.35. The second-order valence-electron chi connectivity index (χ2n) is 4.97. The van der Waals surface area contributed by atoms with E-state index in [1.54, 1.807) is 18.4 Å². The first-order valence-electron chi connectivity index (χ1n) is 6.72. The smallest absolute Gasteiger partial charge is 0.122 e. The van der Waals surface area contributed by atoms with E-state index in [0.29, 0.717) is 12.1 Å². The molecule has 0 radical (unpaired) electrons. The highest BCUT2D eigenvalue weighted by Gasteiger charge is 2.13. The van der Waals surface area contributed by atoms with E-state index in [1.165, 1.54) is 10.4 Å². The van der Waals surface area contributed by atoms with Gasteiger partial charge < -0.3 is 10.1 Å². The molecule has 0 saturated heterocycles. The number of thiophene rings is 1. The molecule has 0 bridgehead atoms. The molecule has 2 aromatic rings. The minimum atomic E-state index is 0.357. The lowest BCUT2D eigenvalue weighted by Gasteiger charge is -2.20. The van der Waals surface area contributed by atoms with Gasteiger partial charge in [-0.2, -0.15) is 0 Å². The van der Waals surface area contributed by atoms with Gasteiger partial charge in [-0.05, 0) is 53.9 Å². The van der Waals surface area contributed by atoms with Gasteiger partial charge in [0.15, 0.2) is 0 Å². The highest BCUT2D eigenvalue weighted by molar-refractivity contribution is 9.10. The third-order valence-corrected chi connectivity index (χ3v) is 5.14. The van der Waals surface area contributed by atoms with E-state index in [1.807, 2.05) is 12.1 Å². The van der Waals surface area contributed by atoms with Crippen molar-refractivity contribution >= 4 is 27.3 Å². The average Bonchev–Trinajstić information content (AvgIpc) is 2.86. The minimum Gasteiger partial charge on any atom is -0.496 e. The Morgan fingerprint density at radius 3 is 2.70 bits per heavy atom. The van der Waals surface area contributed by atoms with Crippen LogP contribution in [0.2, 0.25) is 0 Å². The topological polar surface area (TPSA) is 21.3 Å². The number of halogens is 1. The third-order valence-electron chi connectivity index (χ3n) is 3.27. The maximum absolute atomic E-state index is 5.41. The summed E-state index contributed by atoms with van der Waals surface area (Å²) in [6, 6.07) is 11.1. The Bertz CT molecular complexity index is 555. The summed E-state index contributed by atoms with van der Waals surface area (Å²) < 4.78 is 6.56. The van der Waals surface area contributed by atoms with Crippen LogP contribution in [0.15, 0.2) is 40.2 Å². The summed E-state index contributed by atoms with van der Waals surface area (Å²) >= 11 is 5.28. The lowest BCUT2D eigenvalue weighted by atomic mass is 10.1. The predicted octanol–water partition coefficient (Wildman–Crippen LogP) is 4.80. The molecule has 0 spiro atoms. The summed E-state index contributed by atoms with van der Waals surface area (Å²) in [5.41, 5.74) is 1.24. The van der Waals surface area contributed by atoms with E-state index >= 15 is 0 Å². The molecular weight excluding hydrogens is 334 g/mol. The van der Waals surface area contributed by atoms with Gasteiger partial charge in [-0.15, -0.1) is 11.3 Å². The summed E-state index contributed by atoms with van der Waals surface area (Å²) in [5, 5.41) is 5.77. The number of methoxy groups -OCH3 is 1. The number of hydrogen-bond donors (Lipinski definition) is 1. The van der Waals surface area contributed by atoms with Gasteiger partial charge >= 0.3 is 0 Å². The van der Waals surface area contributed by atoms with Crippen molar-refractivity contribution in [2.75, 3.05) is 7.11 Å². The zero-order valence-corrected chi connectivity index (χ0v) is 14.4. The van der Waals surface area contributed by atoms with Crippen molar-refractivity contribution in [1.29, 1.82) is 0 Å². The van der Waals surface area contributed by atoms with Crippen molar-refractivity contribution in [3.8, 4) is 5.75 Å². The van der Waals surface area contributed by atoms with Crippen LogP contribution >= 0.6 is 27.3 Å². The highest BCUT2D eigenvalue weighted by Crippen LogP contribution is 2.26. The van der Waals surface area contributed by atoms with Crippen molar-refractivity contribution in [1.82, 2.24) is 5.32 Å². The summed E-state index contributed by atoms with van der Waals surface area (Å²) in [6.07, 6.45) is 0.959.